The van der Waals surface area contributed by atoms with Crippen LogP contribution >= 0.6 is 11.6 Å². The van der Waals surface area contributed by atoms with E-state index in [2.05, 4.69) is 5.32 Å². The molecule has 1 aromatic rings. The van der Waals surface area contributed by atoms with Crippen molar-refractivity contribution in [2.75, 3.05) is 13.1 Å². The van der Waals surface area contributed by atoms with Crippen LogP contribution in [0.1, 0.15) is 30.1 Å². The number of carbonyl (C=O) groups is 3. The lowest BCUT2D eigenvalue weighted by molar-refractivity contribution is -0.385. The maximum Gasteiger partial charge on any atom is 0.308 e. The predicted octanol–water partition coefficient (Wildman–Crippen LogP) is 1.69. The van der Waals surface area contributed by atoms with E-state index in [1.165, 1.54) is 24.0 Å². The van der Waals surface area contributed by atoms with Gasteiger partial charge in [-0.3, -0.25) is 24.5 Å². The van der Waals surface area contributed by atoms with Crippen LogP contribution in [0.5, 0.6) is 0 Å². The number of carboxylic acids is 1. The maximum absolute atomic E-state index is 12.4. The van der Waals surface area contributed by atoms with Crippen molar-refractivity contribution in [3.05, 3.63) is 38.9 Å². The Labute approximate surface area is 154 Å². The molecular formula is C16H18ClN3O6. The SMILES string of the molecule is CC(CN(C(=O)CNC(=O)c1c(Cl)cccc1[N+](=O)[O-])C1CC1)C(=O)O. The van der Waals surface area contributed by atoms with E-state index in [-0.39, 0.29) is 23.2 Å². The van der Waals surface area contributed by atoms with E-state index in [0.717, 1.165) is 18.9 Å². The van der Waals surface area contributed by atoms with Crippen molar-refractivity contribution in [2.45, 2.75) is 25.8 Å². The van der Waals surface area contributed by atoms with Gasteiger partial charge in [0.2, 0.25) is 5.91 Å². The minimum atomic E-state index is -1.01. The number of hydrogen-bond acceptors (Lipinski definition) is 5. The van der Waals surface area contributed by atoms with Gasteiger partial charge in [-0.25, -0.2) is 0 Å². The Morgan fingerprint density at radius 1 is 1.42 bits per heavy atom. The summed E-state index contributed by atoms with van der Waals surface area (Å²) in [6.45, 7) is 1.14. The zero-order chi connectivity index (χ0) is 19.4. The Bertz CT molecular complexity index is 750. The number of rotatable bonds is 8. The smallest absolute Gasteiger partial charge is 0.308 e. The Morgan fingerprint density at radius 3 is 2.62 bits per heavy atom. The lowest BCUT2D eigenvalue weighted by Crippen LogP contribution is -2.44. The lowest BCUT2D eigenvalue weighted by Gasteiger charge is -2.24. The number of aliphatic carboxylic acids is 1. The van der Waals surface area contributed by atoms with Crippen LogP contribution in [0, 0.1) is 16.0 Å². The molecule has 2 rings (SSSR count). The molecule has 1 aromatic carbocycles. The molecule has 0 heterocycles. The second-order valence-electron chi connectivity index (χ2n) is 6.09. The number of benzene rings is 1. The molecule has 1 aliphatic rings. The van der Waals surface area contributed by atoms with E-state index in [9.17, 15) is 24.5 Å². The lowest BCUT2D eigenvalue weighted by atomic mass is 10.1. The van der Waals surface area contributed by atoms with Crippen LogP contribution in [0.2, 0.25) is 5.02 Å². The molecule has 26 heavy (non-hydrogen) atoms. The third-order valence-electron chi connectivity index (χ3n) is 4.02. The largest absolute Gasteiger partial charge is 0.481 e. The second kappa shape index (κ2) is 8.13. The van der Waals surface area contributed by atoms with Crippen molar-refractivity contribution >= 4 is 35.1 Å². The Hall–Kier alpha value is -2.68. The van der Waals surface area contributed by atoms with Gasteiger partial charge < -0.3 is 15.3 Å². The minimum Gasteiger partial charge on any atom is -0.481 e. The summed E-state index contributed by atoms with van der Waals surface area (Å²) in [5, 5.41) is 22.3. The molecule has 9 nitrogen and oxygen atoms in total. The average molecular weight is 384 g/mol. The summed E-state index contributed by atoms with van der Waals surface area (Å²) in [4.78, 5) is 47.4. The Kier molecular flexibility index (Phi) is 6.14. The molecule has 0 aromatic heterocycles. The molecule has 2 amide bonds. The van der Waals surface area contributed by atoms with Gasteiger partial charge in [0.15, 0.2) is 0 Å². The van der Waals surface area contributed by atoms with E-state index in [1.807, 2.05) is 0 Å². The van der Waals surface area contributed by atoms with Gasteiger partial charge in [0.25, 0.3) is 11.6 Å². The molecular weight excluding hydrogens is 366 g/mol. The molecule has 140 valence electrons. The first-order chi connectivity index (χ1) is 12.2. The third kappa shape index (κ3) is 4.69. The van der Waals surface area contributed by atoms with Gasteiger partial charge in [0.1, 0.15) is 5.56 Å². The molecule has 0 radical (unpaired) electrons. The average Bonchev–Trinajstić information content (AvgIpc) is 3.41. The molecule has 1 unspecified atom stereocenters. The number of nitro benzene ring substituents is 1. The first kappa shape index (κ1) is 19.6. The van der Waals surface area contributed by atoms with E-state index >= 15 is 0 Å². The van der Waals surface area contributed by atoms with Crippen LogP contribution in [0.4, 0.5) is 5.69 Å². The highest BCUT2D eigenvalue weighted by molar-refractivity contribution is 6.34. The molecule has 0 saturated heterocycles. The highest BCUT2D eigenvalue weighted by atomic mass is 35.5. The minimum absolute atomic E-state index is 0.0316. The number of hydrogen-bond donors (Lipinski definition) is 2. The Balaban J connectivity index is 2.05. The molecule has 0 bridgehead atoms. The summed E-state index contributed by atoms with van der Waals surface area (Å²) in [6.07, 6.45) is 1.56. The van der Waals surface area contributed by atoms with Gasteiger partial charge in [0, 0.05) is 18.7 Å². The normalized spacial score (nSPS) is 14.4. The predicted molar refractivity (Wildman–Crippen MR) is 92.0 cm³/mol. The summed E-state index contributed by atoms with van der Waals surface area (Å²) in [5.74, 6) is -3.03. The van der Waals surface area contributed by atoms with Gasteiger partial charge in [-0.15, -0.1) is 0 Å². The summed E-state index contributed by atoms with van der Waals surface area (Å²) < 4.78 is 0. The zero-order valence-electron chi connectivity index (χ0n) is 14.0. The van der Waals surface area contributed by atoms with Crippen molar-refractivity contribution in [2.24, 2.45) is 5.92 Å². The highest BCUT2D eigenvalue weighted by Gasteiger charge is 2.34. The molecule has 1 aliphatic carbocycles. The van der Waals surface area contributed by atoms with Crippen LogP contribution in [0.15, 0.2) is 18.2 Å². The third-order valence-corrected chi connectivity index (χ3v) is 4.33. The van der Waals surface area contributed by atoms with Crippen molar-refractivity contribution < 1.29 is 24.4 Å². The van der Waals surface area contributed by atoms with Gasteiger partial charge >= 0.3 is 5.97 Å². The van der Waals surface area contributed by atoms with Crippen LogP contribution in [-0.4, -0.2) is 51.8 Å². The monoisotopic (exact) mass is 383 g/mol. The number of nitrogens with zero attached hydrogens (tertiary/aromatic N) is 2. The van der Waals surface area contributed by atoms with E-state index < -0.39 is 40.9 Å². The van der Waals surface area contributed by atoms with E-state index in [1.54, 1.807) is 0 Å². The van der Waals surface area contributed by atoms with Gasteiger partial charge in [0.05, 0.1) is 22.4 Å². The summed E-state index contributed by atoms with van der Waals surface area (Å²) >= 11 is 5.88. The molecule has 2 N–H and O–H groups in total. The van der Waals surface area contributed by atoms with Crippen LogP contribution in [0.3, 0.4) is 0 Å². The number of carbonyl (C=O) groups excluding carboxylic acids is 2. The van der Waals surface area contributed by atoms with Crippen LogP contribution in [0.25, 0.3) is 0 Å². The summed E-state index contributed by atoms with van der Waals surface area (Å²) in [5.41, 5.74) is -0.773. The standard InChI is InChI=1S/C16H18ClN3O6/c1-9(16(23)24)8-19(10-5-6-10)13(21)7-18-15(22)14-11(17)3-2-4-12(14)20(25)26/h2-4,9-10H,5-8H2,1H3,(H,18,22)(H,23,24). The highest BCUT2D eigenvalue weighted by Crippen LogP contribution is 2.28. The molecule has 1 fully saturated rings. The van der Waals surface area contributed by atoms with Gasteiger partial charge in [-0.1, -0.05) is 24.6 Å². The van der Waals surface area contributed by atoms with Crippen LogP contribution in [-0.2, 0) is 9.59 Å². The van der Waals surface area contributed by atoms with Gasteiger partial charge in [-0.05, 0) is 18.9 Å². The number of nitrogens with one attached hydrogen (secondary N) is 1. The first-order valence-corrected chi connectivity index (χ1v) is 8.33. The number of nitro groups is 1. The molecule has 0 aliphatic heterocycles. The fourth-order valence-electron chi connectivity index (χ4n) is 2.45. The quantitative estimate of drug-likeness (QED) is 0.519. The molecule has 10 heteroatoms. The van der Waals surface area contributed by atoms with Crippen molar-refractivity contribution in [3.8, 4) is 0 Å². The summed E-state index contributed by atoms with van der Waals surface area (Å²) in [6, 6.07) is 3.81. The molecule has 1 saturated carbocycles. The first-order valence-electron chi connectivity index (χ1n) is 7.95. The fraction of sp³-hybridized carbons (Fsp3) is 0.438. The van der Waals surface area contributed by atoms with Gasteiger partial charge in [-0.2, -0.15) is 0 Å². The fourth-order valence-corrected chi connectivity index (χ4v) is 2.70. The van der Waals surface area contributed by atoms with E-state index in [4.69, 9.17) is 16.7 Å². The van der Waals surface area contributed by atoms with Crippen molar-refractivity contribution in [1.29, 1.82) is 0 Å². The van der Waals surface area contributed by atoms with Crippen LogP contribution < -0.4 is 5.32 Å². The summed E-state index contributed by atoms with van der Waals surface area (Å²) in [7, 11) is 0. The second-order valence-corrected chi connectivity index (χ2v) is 6.50. The molecule has 0 spiro atoms. The number of amides is 2. The topological polar surface area (TPSA) is 130 Å². The maximum atomic E-state index is 12.4. The zero-order valence-corrected chi connectivity index (χ0v) is 14.7. The Morgan fingerprint density at radius 2 is 2.08 bits per heavy atom. The number of halogens is 1. The molecule has 1 atom stereocenters. The van der Waals surface area contributed by atoms with Crippen molar-refractivity contribution in [1.82, 2.24) is 10.2 Å². The van der Waals surface area contributed by atoms with E-state index in [0.29, 0.717) is 0 Å². The van der Waals surface area contributed by atoms with Crippen molar-refractivity contribution in [3.63, 3.8) is 0 Å². The number of carboxylic acid groups (broad SMARTS) is 1.